The molecule has 0 fully saturated rings. The number of fused-ring (bicyclic) bond motifs is 1. The minimum Gasteiger partial charge on any atom is -0.497 e. The van der Waals surface area contributed by atoms with E-state index in [9.17, 15) is 9.59 Å². The summed E-state index contributed by atoms with van der Waals surface area (Å²) in [6.07, 6.45) is 1.71. The van der Waals surface area contributed by atoms with Gasteiger partial charge in [0.15, 0.2) is 10.7 Å². The monoisotopic (exact) mass is 525 g/mol. The molecule has 1 aromatic carbocycles. The largest absolute Gasteiger partial charge is 0.497 e. The molecule has 10 heteroatoms. The lowest BCUT2D eigenvalue weighted by Crippen LogP contribution is -2.40. The van der Waals surface area contributed by atoms with Crippen LogP contribution in [-0.4, -0.2) is 44.5 Å². The topological polar surface area (TPSA) is 95.5 Å². The number of hydrogen-bond acceptors (Lipinski definition) is 9. The molecule has 1 unspecified atom stereocenters. The summed E-state index contributed by atoms with van der Waals surface area (Å²) in [5, 5.41) is 0. The molecule has 0 radical (unpaired) electrons. The van der Waals surface area contributed by atoms with Gasteiger partial charge >= 0.3 is 5.97 Å². The van der Waals surface area contributed by atoms with Crippen LogP contribution < -0.4 is 29.3 Å². The van der Waals surface area contributed by atoms with Gasteiger partial charge in [0.25, 0.3) is 5.56 Å². The van der Waals surface area contributed by atoms with Gasteiger partial charge in [0.2, 0.25) is 0 Å². The Morgan fingerprint density at radius 3 is 2.57 bits per heavy atom. The van der Waals surface area contributed by atoms with Gasteiger partial charge in [-0.3, -0.25) is 9.36 Å². The molecule has 1 aliphatic rings. The van der Waals surface area contributed by atoms with Crippen molar-refractivity contribution in [3.8, 4) is 11.5 Å². The van der Waals surface area contributed by atoms with Crippen molar-refractivity contribution in [3.63, 3.8) is 0 Å². The molecule has 9 nitrogen and oxygen atoms in total. The summed E-state index contributed by atoms with van der Waals surface area (Å²) >= 11 is 1.24. The third-order valence-corrected chi connectivity index (χ3v) is 7.20. The number of benzene rings is 1. The Labute approximate surface area is 218 Å². The third kappa shape index (κ3) is 4.93. The van der Waals surface area contributed by atoms with Crippen molar-refractivity contribution in [2.24, 2.45) is 4.99 Å². The second kappa shape index (κ2) is 11.1. The van der Waals surface area contributed by atoms with E-state index in [4.69, 9.17) is 18.6 Å². The van der Waals surface area contributed by atoms with Crippen LogP contribution in [0, 0.1) is 0 Å². The van der Waals surface area contributed by atoms with E-state index in [1.807, 2.05) is 12.1 Å². The maximum Gasteiger partial charge on any atom is 0.338 e. The lowest BCUT2D eigenvalue weighted by molar-refractivity contribution is -0.139. The summed E-state index contributed by atoms with van der Waals surface area (Å²) in [5.74, 6) is 1.84. The quantitative estimate of drug-likeness (QED) is 0.396. The molecule has 0 saturated carbocycles. The highest BCUT2D eigenvalue weighted by Gasteiger charge is 2.35. The predicted octanol–water partition coefficient (Wildman–Crippen LogP) is 3.25. The zero-order chi connectivity index (χ0) is 26.7. The minimum absolute atomic E-state index is 0.194. The van der Waals surface area contributed by atoms with Gasteiger partial charge in [0, 0.05) is 36.9 Å². The van der Waals surface area contributed by atoms with Gasteiger partial charge in [-0.05, 0) is 45.9 Å². The number of carbonyl (C=O) groups is 1. The van der Waals surface area contributed by atoms with E-state index in [1.165, 1.54) is 23.0 Å². The Morgan fingerprint density at radius 2 is 1.92 bits per heavy atom. The minimum atomic E-state index is -0.791. The van der Waals surface area contributed by atoms with Gasteiger partial charge in [0.1, 0.15) is 23.3 Å². The molecule has 4 rings (SSSR count). The van der Waals surface area contributed by atoms with Crippen LogP contribution in [0.4, 0.5) is 5.88 Å². The summed E-state index contributed by atoms with van der Waals surface area (Å²) in [7, 11) is 3.10. The summed E-state index contributed by atoms with van der Waals surface area (Å²) in [5.41, 5.74) is 1.10. The Hall–Kier alpha value is -3.79. The SMILES string of the molecule is CCOC(=O)C1=C(C)N=c2sc(=Cc3ccc(N(CC)CC)o3)c(=O)n2C1c1ccc(OC)cc1OC. The molecule has 3 heterocycles. The molecule has 0 amide bonds. The molecule has 1 atom stereocenters. The molecule has 2 aromatic heterocycles. The van der Waals surface area contributed by atoms with Gasteiger partial charge in [-0.25, -0.2) is 9.79 Å². The number of carbonyl (C=O) groups excluding carboxylic acids is 1. The number of esters is 1. The average Bonchev–Trinajstić information content (AvgIpc) is 3.48. The van der Waals surface area contributed by atoms with Crippen LogP contribution in [0.5, 0.6) is 11.5 Å². The van der Waals surface area contributed by atoms with E-state index in [-0.39, 0.29) is 17.7 Å². The Bertz CT molecular complexity index is 1510. The van der Waals surface area contributed by atoms with Crippen LogP contribution in [0.25, 0.3) is 6.08 Å². The molecule has 0 aliphatic carbocycles. The number of nitrogens with zero attached hydrogens (tertiary/aromatic N) is 3. The highest BCUT2D eigenvalue weighted by molar-refractivity contribution is 7.07. The van der Waals surface area contributed by atoms with E-state index < -0.39 is 12.0 Å². The number of ether oxygens (including phenoxy) is 3. The first-order chi connectivity index (χ1) is 17.9. The van der Waals surface area contributed by atoms with Crippen molar-refractivity contribution >= 4 is 29.3 Å². The zero-order valence-electron chi connectivity index (χ0n) is 21.9. The fourth-order valence-corrected chi connectivity index (χ4v) is 5.41. The van der Waals surface area contributed by atoms with Crippen LogP contribution in [-0.2, 0) is 9.53 Å². The van der Waals surface area contributed by atoms with Crippen molar-refractivity contribution < 1.29 is 23.4 Å². The number of furan rings is 1. The van der Waals surface area contributed by atoms with Crippen molar-refractivity contribution in [2.45, 2.75) is 33.7 Å². The first kappa shape index (κ1) is 26.3. The standard InChI is InChI=1S/C27H31N3O6S/c1-7-29(8-2)22-13-11-18(36-22)15-21-25(31)30-24(19-12-10-17(33-5)14-20(19)34-6)23(26(32)35-9-3)16(4)28-27(30)37-21/h10-15,24H,7-9H2,1-6H3. The van der Waals surface area contributed by atoms with Crippen LogP contribution in [0.2, 0.25) is 0 Å². The molecule has 37 heavy (non-hydrogen) atoms. The number of anilines is 1. The smallest absolute Gasteiger partial charge is 0.338 e. The summed E-state index contributed by atoms with van der Waals surface area (Å²) < 4.78 is 24.3. The molecule has 0 spiro atoms. The number of rotatable bonds is 9. The fraction of sp³-hybridized carbons (Fsp3) is 0.370. The molecule has 0 saturated heterocycles. The van der Waals surface area contributed by atoms with E-state index >= 15 is 0 Å². The Balaban J connectivity index is 1.92. The number of thiazole rings is 1. The van der Waals surface area contributed by atoms with Crippen LogP contribution >= 0.6 is 11.3 Å². The summed E-state index contributed by atoms with van der Waals surface area (Å²) in [6, 6.07) is 8.22. The van der Waals surface area contributed by atoms with Gasteiger partial charge < -0.3 is 23.5 Å². The lowest BCUT2D eigenvalue weighted by Gasteiger charge is -2.26. The third-order valence-electron chi connectivity index (χ3n) is 6.21. The predicted molar refractivity (Wildman–Crippen MR) is 142 cm³/mol. The molecule has 3 aromatic rings. The van der Waals surface area contributed by atoms with Gasteiger partial charge in [0.05, 0.1) is 36.6 Å². The molecule has 196 valence electrons. The summed E-state index contributed by atoms with van der Waals surface area (Å²) in [4.78, 5) is 34.1. The van der Waals surface area contributed by atoms with E-state index in [2.05, 4.69) is 23.7 Å². The van der Waals surface area contributed by atoms with Gasteiger partial charge in [-0.1, -0.05) is 11.3 Å². The molecule has 0 bridgehead atoms. The second-order valence-corrected chi connectivity index (χ2v) is 9.27. The maximum atomic E-state index is 13.8. The Kier molecular flexibility index (Phi) is 7.87. The van der Waals surface area contributed by atoms with E-state index in [0.29, 0.717) is 37.9 Å². The molecular weight excluding hydrogens is 494 g/mol. The van der Waals surface area contributed by atoms with E-state index in [0.717, 1.165) is 19.0 Å². The maximum absolute atomic E-state index is 13.8. The first-order valence-corrected chi connectivity index (χ1v) is 12.9. The molecule has 1 aliphatic heterocycles. The van der Waals surface area contributed by atoms with Crippen molar-refractivity contribution in [3.05, 3.63) is 72.6 Å². The lowest BCUT2D eigenvalue weighted by atomic mass is 9.95. The van der Waals surface area contributed by atoms with Crippen molar-refractivity contribution in [1.82, 2.24) is 4.57 Å². The average molecular weight is 526 g/mol. The van der Waals surface area contributed by atoms with Gasteiger partial charge in [-0.15, -0.1) is 0 Å². The van der Waals surface area contributed by atoms with Crippen LogP contribution in [0.3, 0.4) is 0 Å². The van der Waals surface area contributed by atoms with Gasteiger partial charge in [-0.2, -0.15) is 0 Å². The molecule has 0 N–H and O–H groups in total. The zero-order valence-corrected chi connectivity index (χ0v) is 22.7. The number of methoxy groups -OCH3 is 2. The van der Waals surface area contributed by atoms with E-state index in [1.54, 1.807) is 45.2 Å². The summed E-state index contributed by atoms with van der Waals surface area (Å²) in [6.45, 7) is 9.41. The fourth-order valence-electron chi connectivity index (χ4n) is 4.38. The normalized spacial score (nSPS) is 15.3. The van der Waals surface area contributed by atoms with Crippen LogP contribution in [0.15, 0.2) is 55.8 Å². The molecular formula is C27H31N3O6S. The number of allylic oxidation sites excluding steroid dienone is 1. The highest BCUT2D eigenvalue weighted by atomic mass is 32.1. The Morgan fingerprint density at radius 1 is 1.16 bits per heavy atom. The number of aromatic nitrogens is 1. The first-order valence-electron chi connectivity index (χ1n) is 12.1. The second-order valence-electron chi connectivity index (χ2n) is 8.26. The van der Waals surface area contributed by atoms with Crippen molar-refractivity contribution in [2.75, 3.05) is 38.8 Å². The van der Waals surface area contributed by atoms with Crippen molar-refractivity contribution in [1.29, 1.82) is 0 Å². The highest BCUT2D eigenvalue weighted by Crippen LogP contribution is 2.37. The number of hydrogen-bond donors (Lipinski definition) is 0. The van der Waals surface area contributed by atoms with Crippen LogP contribution in [0.1, 0.15) is 45.1 Å².